The van der Waals surface area contributed by atoms with Gasteiger partial charge < -0.3 is 5.73 Å². The first-order chi connectivity index (χ1) is 6.38. The molecule has 2 aromatic rings. The number of aromatic nitrogens is 4. The van der Waals surface area contributed by atoms with E-state index in [9.17, 15) is 0 Å². The zero-order valence-electron chi connectivity index (χ0n) is 6.75. The van der Waals surface area contributed by atoms with Gasteiger partial charge in [-0.2, -0.15) is 0 Å². The highest BCUT2D eigenvalue weighted by Crippen LogP contribution is 2.18. The molecule has 5 heteroatoms. The summed E-state index contributed by atoms with van der Waals surface area (Å²) in [6.45, 7) is 0. The molecule has 0 unspecified atom stereocenters. The van der Waals surface area contributed by atoms with Crippen molar-refractivity contribution < 1.29 is 0 Å². The molecular weight excluding hydrogens is 166 g/mol. The molecule has 0 bridgehead atoms. The smallest absolute Gasteiger partial charge is 0.150 e. The first-order valence-corrected chi connectivity index (χ1v) is 3.70. The van der Waals surface area contributed by atoms with Crippen LogP contribution in [-0.2, 0) is 0 Å². The van der Waals surface area contributed by atoms with Gasteiger partial charge in [-0.25, -0.2) is 15.0 Å². The van der Waals surface area contributed by atoms with E-state index < -0.39 is 0 Å². The van der Waals surface area contributed by atoms with Crippen molar-refractivity contribution in [3.8, 4) is 11.3 Å². The van der Waals surface area contributed by atoms with E-state index >= 15 is 0 Å². The number of rotatable bonds is 1. The molecule has 0 radical (unpaired) electrons. The van der Waals surface area contributed by atoms with Crippen LogP contribution in [0.5, 0.6) is 0 Å². The summed E-state index contributed by atoms with van der Waals surface area (Å²) in [4.78, 5) is 15.7. The number of anilines is 1. The van der Waals surface area contributed by atoms with Gasteiger partial charge in [0.05, 0.1) is 0 Å². The Balaban J connectivity index is 2.54. The van der Waals surface area contributed by atoms with E-state index in [-0.39, 0.29) is 0 Å². The van der Waals surface area contributed by atoms with Crippen molar-refractivity contribution in [2.75, 3.05) is 5.73 Å². The van der Waals surface area contributed by atoms with Crippen molar-refractivity contribution in [1.29, 1.82) is 0 Å². The van der Waals surface area contributed by atoms with Crippen molar-refractivity contribution in [3.63, 3.8) is 0 Å². The van der Waals surface area contributed by atoms with E-state index in [1.165, 1.54) is 6.33 Å². The molecule has 0 aliphatic rings. The van der Waals surface area contributed by atoms with Gasteiger partial charge in [0.1, 0.15) is 17.8 Å². The lowest BCUT2D eigenvalue weighted by molar-refractivity contribution is 1.15. The van der Waals surface area contributed by atoms with E-state index in [4.69, 9.17) is 5.73 Å². The Morgan fingerprint density at radius 3 is 2.38 bits per heavy atom. The van der Waals surface area contributed by atoms with Crippen molar-refractivity contribution in [2.45, 2.75) is 0 Å². The van der Waals surface area contributed by atoms with Crippen molar-refractivity contribution >= 4 is 5.82 Å². The molecule has 2 N–H and O–H groups in total. The second-order valence-electron chi connectivity index (χ2n) is 2.42. The molecule has 13 heavy (non-hydrogen) atoms. The van der Waals surface area contributed by atoms with Crippen LogP contribution in [-0.4, -0.2) is 19.9 Å². The van der Waals surface area contributed by atoms with Gasteiger partial charge in [0.15, 0.2) is 0 Å². The first kappa shape index (κ1) is 7.60. The highest BCUT2D eigenvalue weighted by atomic mass is 14.9. The van der Waals surface area contributed by atoms with Crippen LogP contribution in [0.2, 0.25) is 0 Å². The molecule has 64 valence electrons. The maximum atomic E-state index is 5.62. The van der Waals surface area contributed by atoms with Crippen LogP contribution in [0.4, 0.5) is 5.82 Å². The van der Waals surface area contributed by atoms with Crippen LogP contribution < -0.4 is 5.73 Å². The van der Waals surface area contributed by atoms with Gasteiger partial charge in [-0.15, -0.1) is 0 Å². The molecule has 0 saturated heterocycles. The molecular formula is C8H7N5. The second-order valence-corrected chi connectivity index (χ2v) is 2.42. The predicted octanol–water partition coefficient (Wildman–Crippen LogP) is 0.516. The van der Waals surface area contributed by atoms with Gasteiger partial charge in [-0.05, 0) is 0 Å². The third kappa shape index (κ3) is 1.44. The van der Waals surface area contributed by atoms with E-state index in [2.05, 4.69) is 19.9 Å². The molecule has 0 aliphatic heterocycles. The van der Waals surface area contributed by atoms with Crippen LogP contribution in [0.15, 0.2) is 31.1 Å². The van der Waals surface area contributed by atoms with Crippen LogP contribution in [0.1, 0.15) is 0 Å². The third-order valence-corrected chi connectivity index (χ3v) is 1.56. The summed E-state index contributed by atoms with van der Waals surface area (Å²) in [5, 5.41) is 0. The van der Waals surface area contributed by atoms with Crippen LogP contribution >= 0.6 is 0 Å². The standard InChI is InChI=1S/C8H7N5/c9-8-7(12-1-2-13-8)6-3-10-5-11-4-6/h1-5H,(H2,9,13). The maximum Gasteiger partial charge on any atom is 0.150 e. The molecule has 0 fully saturated rings. The number of nitrogens with zero attached hydrogens (tertiary/aromatic N) is 4. The summed E-state index contributed by atoms with van der Waals surface area (Å²) in [5.74, 6) is 0.386. The number of hydrogen-bond acceptors (Lipinski definition) is 5. The largest absolute Gasteiger partial charge is 0.382 e. The second kappa shape index (κ2) is 3.14. The first-order valence-electron chi connectivity index (χ1n) is 3.70. The van der Waals surface area contributed by atoms with Crippen LogP contribution in [0, 0.1) is 0 Å². The fraction of sp³-hybridized carbons (Fsp3) is 0. The highest BCUT2D eigenvalue weighted by Gasteiger charge is 2.03. The van der Waals surface area contributed by atoms with Crippen LogP contribution in [0.3, 0.4) is 0 Å². The zero-order valence-corrected chi connectivity index (χ0v) is 6.75. The average molecular weight is 173 g/mol. The molecule has 5 nitrogen and oxygen atoms in total. The molecule has 2 aromatic heterocycles. The summed E-state index contributed by atoms with van der Waals surface area (Å²) in [6.07, 6.45) is 7.87. The van der Waals surface area contributed by atoms with Gasteiger partial charge in [-0.3, -0.25) is 4.98 Å². The zero-order chi connectivity index (χ0) is 9.10. The van der Waals surface area contributed by atoms with Crippen LogP contribution in [0.25, 0.3) is 11.3 Å². The average Bonchev–Trinajstić information content (AvgIpc) is 2.20. The molecule has 0 spiro atoms. The Kier molecular flexibility index (Phi) is 1.84. The minimum Gasteiger partial charge on any atom is -0.382 e. The lowest BCUT2D eigenvalue weighted by Crippen LogP contribution is -1.96. The molecule has 2 rings (SSSR count). The Labute approximate surface area is 74.7 Å². The fourth-order valence-corrected chi connectivity index (χ4v) is 0.993. The van der Waals surface area contributed by atoms with Crippen molar-refractivity contribution in [3.05, 3.63) is 31.1 Å². The molecule has 0 saturated carbocycles. The lowest BCUT2D eigenvalue weighted by Gasteiger charge is -2.00. The van der Waals surface area contributed by atoms with Gasteiger partial charge in [0, 0.05) is 30.4 Å². The SMILES string of the molecule is Nc1nccnc1-c1cncnc1. The van der Waals surface area contributed by atoms with Crippen molar-refractivity contribution in [1.82, 2.24) is 19.9 Å². The molecule has 0 aliphatic carbocycles. The predicted molar refractivity (Wildman–Crippen MR) is 47.5 cm³/mol. The lowest BCUT2D eigenvalue weighted by atomic mass is 10.2. The number of nitrogen functional groups attached to an aromatic ring is 1. The Morgan fingerprint density at radius 1 is 1.00 bits per heavy atom. The van der Waals surface area contributed by atoms with Gasteiger partial charge in [0.2, 0.25) is 0 Å². The molecule has 2 heterocycles. The molecule has 0 aromatic carbocycles. The summed E-state index contributed by atoms with van der Waals surface area (Å²) in [6, 6.07) is 0. The highest BCUT2D eigenvalue weighted by molar-refractivity contribution is 5.67. The fourth-order valence-electron chi connectivity index (χ4n) is 0.993. The summed E-state index contributed by atoms with van der Waals surface area (Å²) in [5.41, 5.74) is 7.01. The Hall–Kier alpha value is -2.04. The van der Waals surface area contributed by atoms with E-state index in [1.807, 2.05) is 0 Å². The summed E-state index contributed by atoms with van der Waals surface area (Å²) >= 11 is 0. The molecule has 0 amide bonds. The monoisotopic (exact) mass is 173 g/mol. The van der Waals surface area contributed by atoms with Gasteiger partial charge >= 0.3 is 0 Å². The minimum absolute atomic E-state index is 0.386. The third-order valence-electron chi connectivity index (χ3n) is 1.56. The van der Waals surface area contributed by atoms with Crippen molar-refractivity contribution in [2.24, 2.45) is 0 Å². The van der Waals surface area contributed by atoms with Gasteiger partial charge in [-0.1, -0.05) is 0 Å². The van der Waals surface area contributed by atoms with E-state index in [0.717, 1.165) is 5.56 Å². The molecule has 0 atom stereocenters. The Morgan fingerprint density at radius 2 is 1.69 bits per heavy atom. The quantitative estimate of drug-likeness (QED) is 0.680. The number of nitrogens with two attached hydrogens (primary N) is 1. The number of hydrogen-bond donors (Lipinski definition) is 1. The summed E-state index contributed by atoms with van der Waals surface area (Å²) in [7, 11) is 0. The Bertz CT molecular complexity index is 400. The van der Waals surface area contributed by atoms with E-state index in [0.29, 0.717) is 11.5 Å². The minimum atomic E-state index is 0.386. The normalized spacial score (nSPS) is 9.85. The van der Waals surface area contributed by atoms with Gasteiger partial charge in [0.25, 0.3) is 0 Å². The summed E-state index contributed by atoms with van der Waals surface area (Å²) < 4.78 is 0. The maximum absolute atomic E-state index is 5.62. The van der Waals surface area contributed by atoms with E-state index in [1.54, 1.807) is 24.8 Å². The topological polar surface area (TPSA) is 77.6 Å².